The van der Waals surface area contributed by atoms with Crippen LogP contribution in [-0.4, -0.2) is 22.0 Å². The van der Waals surface area contributed by atoms with E-state index in [-0.39, 0.29) is 5.69 Å². The molecule has 0 radical (unpaired) electrons. The highest BCUT2D eigenvalue weighted by Gasteiger charge is 2.37. The summed E-state index contributed by atoms with van der Waals surface area (Å²) in [6, 6.07) is 11.4. The summed E-state index contributed by atoms with van der Waals surface area (Å²) in [5.74, 6) is -1.77. The number of carboxylic acid groups (broad SMARTS) is 1. The Balaban J connectivity index is 2.33. The highest BCUT2D eigenvalue weighted by Crippen LogP contribution is 2.21. The van der Waals surface area contributed by atoms with Gasteiger partial charge in [0.2, 0.25) is 0 Å². The highest BCUT2D eigenvalue weighted by molar-refractivity contribution is 6.30. The first kappa shape index (κ1) is 15.0. The Labute approximate surface area is 126 Å². The van der Waals surface area contributed by atoms with Crippen LogP contribution in [0.3, 0.4) is 0 Å². The van der Waals surface area contributed by atoms with E-state index in [4.69, 9.17) is 11.6 Å². The first-order chi connectivity index (χ1) is 9.93. The van der Waals surface area contributed by atoms with Crippen LogP contribution >= 0.6 is 11.6 Å². The Morgan fingerprint density at radius 1 is 1.24 bits per heavy atom. The fourth-order valence-corrected chi connectivity index (χ4v) is 2.00. The summed E-state index contributed by atoms with van der Waals surface area (Å²) in [6.07, 6.45) is 1.39. The van der Waals surface area contributed by atoms with Crippen LogP contribution in [0.5, 0.6) is 0 Å². The summed E-state index contributed by atoms with van der Waals surface area (Å²) in [7, 11) is 0. The molecule has 1 atom stereocenters. The van der Waals surface area contributed by atoms with Crippen molar-refractivity contribution < 1.29 is 14.7 Å². The molecule has 0 saturated carbocycles. The molecule has 2 N–H and O–H groups in total. The van der Waals surface area contributed by atoms with Gasteiger partial charge in [-0.2, -0.15) is 0 Å². The maximum atomic E-state index is 12.2. The van der Waals surface area contributed by atoms with E-state index >= 15 is 0 Å². The van der Waals surface area contributed by atoms with Crippen LogP contribution in [0.1, 0.15) is 23.0 Å². The van der Waals surface area contributed by atoms with Gasteiger partial charge < -0.3 is 10.4 Å². The quantitative estimate of drug-likeness (QED) is 0.909. The molecule has 2 rings (SSSR count). The number of aliphatic carboxylic acids is 1. The number of carbonyl (C=O) groups excluding carboxylic acids is 1. The Kier molecular flexibility index (Phi) is 4.23. The van der Waals surface area contributed by atoms with E-state index in [9.17, 15) is 14.7 Å². The van der Waals surface area contributed by atoms with Gasteiger partial charge in [-0.1, -0.05) is 41.9 Å². The molecule has 0 aliphatic rings. The van der Waals surface area contributed by atoms with E-state index in [1.54, 1.807) is 30.3 Å². The van der Waals surface area contributed by atoms with E-state index in [2.05, 4.69) is 10.3 Å². The second kappa shape index (κ2) is 5.93. The topological polar surface area (TPSA) is 79.3 Å². The Morgan fingerprint density at radius 3 is 2.48 bits per heavy atom. The summed E-state index contributed by atoms with van der Waals surface area (Å²) in [4.78, 5) is 27.7. The van der Waals surface area contributed by atoms with Crippen LogP contribution in [0.2, 0.25) is 5.02 Å². The molecule has 0 bridgehead atoms. The van der Waals surface area contributed by atoms with Gasteiger partial charge in [0.05, 0.1) is 0 Å². The number of hydrogen-bond donors (Lipinski definition) is 2. The predicted molar refractivity (Wildman–Crippen MR) is 78.1 cm³/mol. The number of aromatic nitrogens is 1. The lowest BCUT2D eigenvalue weighted by atomic mass is 9.92. The van der Waals surface area contributed by atoms with E-state index in [0.29, 0.717) is 10.6 Å². The van der Waals surface area contributed by atoms with Crippen molar-refractivity contribution in [2.75, 3.05) is 0 Å². The lowest BCUT2D eigenvalue weighted by Crippen LogP contribution is -2.49. The number of pyridine rings is 1. The molecule has 1 amide bonds. The third kappa shape index (κ3) is 3.20. The van der Waals surface area contributed by atoms with Crippen LogP contribution < -0.4 is 5.32 Å². The van der Waals surface area contributed by atoms with Crippen LogP contribution in [-0.2, 0) is 10.3 Å². The minimum absolute atomic E-state index is 0.0610. The van der Waals surface area contributed by atoms with E-state index in [1.807, 2.05) is 0 Å². The molecule has 0 aliphatic carbocycles. The summed E-state index contributed by atoms with van der Waals surface area (Å²) < 4.78 is 0. The van der Waals surface area contributed by atoms with Gasteiger partial charge in [0, 0.05) is 11.2 Å². The van der Waals surface area contributed by atoms with Crippen molar-refractivity contribution in [1.82, 2.24) is 10.3 Å². The number of halogens is 1. The monoisotopic (exact) mass is 304 g/mol. The zero-order valence-corrected chi connectivity index (χ0v) is 12.0. The number of amides is 1. The van der Waals surface area contributed by atoms with Crippen LogP contribution in [0.15, 0.2) is 48.7 Å². The molecule has 0 fully saturated rings. The van der Waals surface area contributed by atoms with Gasteiger partial charge in [0.25, 0.3) is 5.91 Å². The number of nitrogens with one attached hydrogen (secondary N) is 1. The zero-order chi connectivity index (χ0) is 15.5. The molecule has 1 unspecified atom stereocenters. The molecule has 21 heavy (non-hydrogen) atoms. The first-order valence-electron chi connectivity index (χ1n) is 6.16. The molecule has 2 aromatic rings. The fourth-order valence-electron chi connectivity index (χ4n) is 1.84. The molecular formula is C15H13ClN2O3. The van der Waals surface area contributed by atoms with Crippen LogP contribution in [0, 0.1) is 0 Å². The third-order valence-electron chi connectivity index (χ3n) is 3.10. The maximum Gasteiger partial charge on any atom is 0.333 e. The summed E-state index contributed by atoms with van der Waals surface area (Å²) in [5, 5.41) is 12.3. The second-order valence-corrected chi connectivity index (χ2v) is 5.05. The molecule has 1 aromatic heterocycles. The molecule has 0 spiro atoms. The third-order valence-corrected chi connectivity index (χ3v) is 3.33. The lowest BCUT2D eigenvalue weighted by Gasteiger charge is -2.26. The van der Waals surface area contributed by atoms with E-state index in [1.165, 1.54) is 25.3 Å². The normalized spacial score (nSPS) is 13.2. The van der Waals surface area contributed by atoms with E-state index in [0.717, 1.165) is 0 Å². The molecule has 5 nitrogen and oxygen atoms in total. The largest absolute Gasteiger partial charge is 0.479 e. The summed E-state index contributed by atoms with van der Waals surface area (Å²) in [6.45, 7) is 1.42. The predicted octanol–water partition coefficient (Wildman–Crippen LogP) is 2.46. The Hall–Kier alpha value is -2.40. The van der Waals surface area contributed by atoms with Gasteiger partial charge in [0.1, 0.15) is 5.69 Å². The fraction of sp³-hybridized carbons (Fsp3) is 0.133. The Bertz CT molecular complexity index is 676. The number of carbonyl (C=O) groups is 2. The standard InChI is InChI=1S/C15H13ClN2O3/c1-15(14(20)21,10-5-3-2-4-6-10)18-13(19)12-9-11(16)7-8-17-12/h2-9H,1H3,(H,18,19)(H,20,21). The highest BCUT2D eigenvalue weighted by atomic mass is 35.5. The second-order valence-electron chi connectivity index (χ2n) is 4.61. The first-order valence-corrected chi connectivity index (χ1v) is 6.54. The SMILES string of the molecule is CC(NC(=O)c1cc(Cl)ccn1)(C(=O)O)c1ccccc1. The average molecular weight is 305 g/mol. The molecule has 1 heterocycles. The molecule has 0 saturated heterocycles. The van der Waals surface area contributed by atoms with Crippen molar-refractivity contribution in [2.24, 2.45) is 0 Å². The maximum absolute atomic E-state index is 12.2. The minimum Gasteiger partial charge on any atom is -0.479 e. The van der Waals surface area contributed by atoms with E-state index < -0.39 is 17.4 Å². The number of hydrogen-bond acceptors (Lipinski definition) is 3. The summed E-state index contributed by atoms with van der Waals surface area (Å²) in [5.41, 5.74) is -1.03. The molecule has 108 valence electrons. The molecule has 0 aliphatic heterocycles. The number of nitrogens with zero attached hydrogens (tertiary/aromatic N) is 1. The van der Waals surface area contributed by atoms with Gasteiger partial charge in [-0.05, 0) is 24.6 Å². The van der Waals surface area contributed by atoms with Crippen molar-refractivity contribution in [1.29, 1.82) is 0 Å². The molecule has 6 heteroatoms. The van der Waals surface area contributed by atoms with Gasteiger partial charge in [0.15, 0.2) is 5.54 Å². The van der Waals surface area contributed by atoms with Gasteiger partial charge in [-0.25, -0.2) is 4.79 Å². The smallest absolute Gasteiger partial charge is 0.333 e. The molecular weight excluding hydrogens is 292 g/mol. The summed E-state index contributed by atoms with van der Waals surface area (Å²) >= 11 is 5.80. The van der Waals surface area contributed by atoms with Crippen molar-refractivity contribution >= 4 is 23.5 Å². The van der Waals surface area contributed by atoms with Crippen molar-refractivity contribution in [3.05, 3.63) is 64.9 Å². The number of carboxylic acids is 1. The van der Waals surface area contributed by atoms with Crippen molar-refractivity contribution in [3.8, 4) is 0 Å². The Morgan fingerprint density at radius 2 is 1.90 bits per heavy atom. The number of rotatable bonds is 4. The van der Waals surface area contributed by atoms with Crippen molar-refractivity contribution in [2.45, 2.75) is 12.5 Å². The van der Waals surface area contributed by atoms with Crippen molar-refractivity contribution in [3.63, 3.8) is 0 Å². The number of benzene rings is 1. The van der Waals surface area contributed by atoms with Gasteiger partial charge >= 0.3 is 5.97 Å². The molecule has 1 aromatic carbocycles. The van der Waals surface area contributed by atoms with Crippen LogP contribution in [0.4, 0.5) is 0 Å². The zero-order valence-electron chi connectivity index (χ0n) is 11.2. The lowest BCUT2D eigenvalue weighted by molar-refractivity contribution is -0.144. The van der Waals surface area contributed by atoms with Crippen LogP contribution in [0.25, 0.3) is 0 Å². The minimum atomic E-state index is -1.55. The van der Waals surface area contributed by atoms with Gasteiger partial charge in [-0.3, -0.25) is 9.78 Å². The van der Waals surface area contributed by atoms with Gasteiger partial charge in [-0.15, -0.1) is 0 Å². The average Bonchev–Trinajstić information content (AvgIpc) is 2.47.